The molecule has 0 saturated heterocycles. The Bertz CT molecular complexity index is 91.1. The first-order valence-corrected chi connectivity index (χ1v) is 2.90. The number of hydrogen-bond acceptors (Lipinski definition) is 2. The van der Waals surface area contributed by atoms with E-state index in [1.54, 1.807) is 0 Å². The molecule has 0 fully saturated rings. The van der Waals surface area contributed by atoms with E-state index in [1.165, 1.54) is 0 Å². The molecular weight excluding hydrogens is 118 g/mol. The normalized spacial score (nSPS) is 11.0. The maximum Gasteiger partial charge on any atom is 0.207 e. The van der Waals surface area contributed by atoms with Crippen LogP contribution in [0.2, 0.25) is 0 Å². The van der Waals surface area contributed by atoms with Crippen LogP contribution in [0.4, 0.5) is 0 Å². The number of nitrogens with one attached hydrogen (secondary N) is 1. The highest BCUT2D eigenvalue weighted by molar-refractivity contribution is 5.45. The van der Waals surface area contributed by atoms with Crippen molar-refractivity contribution in [3.63, 3.8) is 0 Å². The highest BCUT2D eigenvalue weighted by Crippen LogP contribution is 2.10. The van der Waals surface area contributed by atoms with E-state index >= 15 is 0 Å². The first-order valence-electron chi connectivity index (χ1n) is 2.90. The van der Waals surface area contributed by atoms with Crippen LogP contribution in [0, 0.1) is 5.41 Å². The smallest absolute Gasteiger partial charge is 0.207 e. The van der Waals surface area contributed by atoms with Crippen LogP contribution in [-0.2, 0) is 4.79 Å². The monoisotopic (exact) mass is 131 g/mol. The molecule has 0 bridgehead atoms. The fraction of sp³-hybridized carbons (Fsp3) is 0.833. The maximum absolute atomic E-state index is 9.77. The average molecular weight is 131 g/mol. The molecule has 2 N–H and O–H groups in total. The summed E-state index contributed by atoms with van der Waals surface area (Å²) in [5, 5.41) is 11.2. The van der Waals surface area contributed by atoms with Gasteiger partial charge in [-0.3, -0.25) is 4.79 Å². The Balaban J connectivity index is 3.44. The Hall–Kier alpha value is -0.570. The Kier molecular flexibility index (Phi) is 3.24. The van der Waals surface area contributed by atoms with Crippen LogP contribution in [0.3, 0.4) is 0 Å². The summed E-state index contributed by atoms with van der Waals surface area (Å²) in [6.45, 7) is 4.37. The van der Waals surface area contributed by atoms with Gasteiger partial charge in [-0.1, -0.05) is 13.8 Å². The summed E-state index contributed by atoms with van der Waals surface area (Å²) in [5.74, 6) is 0. The Morgan fingerprint density at radius 3 is 2.56 bits per heavy atom. The van der Waals surface area contributed by atoms with Crippen molar-refractivity contribution in [2.75, 3.05) is 13.2 Å². The van der Waals surface area contributed by atoms with Gasteiger partial charge in [-0.15, -0.1) is 0 Å². The van der Waals surface area contributed by atoms with E-state index in [9.17, 15) is 4.79 Å². The standard InChI is InChI=1S/C6H13NO2/c1-6(2,4-8)3-7-5-9/h5,8H,3-4H2,1-2H3,(H,7,9). The number of hydrogen-bond donors (Lipinski definition) is 2. The van der Waals surface area contributed by atoms with Gasteiger partial charge in [0.25, 0.3) is 0 Å². The fourth-order valence-electron chi connectivity index (χ4n) is 0.374. The van der Waals surface area contributed by atoms with Crippen LogP contribution < -0.4 is 5.32 Å². The minimum atomic E-state index is -0.194. The van der Waals surface area contributed by atoms with Gasteiger partial charge in [-0.05, 0) is 0 Å². The van der Waals surface area contributed by atoms with Gasteiger partial charge in [0.1, 0.15) is 0 Å². The van der Waals surface area contributed by atoms with Crippen LogP contribution in [0.15, 0.2) is 0 Å². The van der Waals surface area contributed by atoms with E-state index in [0.29, 0.717) is 13.0 Å². The second-order valence-corrected chi connectivity index (χ2v) is 2.82. The van der Waals surface area contributed by atoms with Crippen molar-refractivity contribution in [2.45, 2.75) is 13.8 Å². The summed E-state index contributed by atoms with van der Waals surface area (Å²) < 4.78 is 0. The number of aliphatic hydroxyl groups excluding tert-OH is 1. The van der Waals surface area contributed by atoms with Crippen molar-refractivity contribution in [2.24, 2.45) is 5.41 Å². The largest absolute Gasteiger partial charge is 0.396 e. The molecule has 0 heterocycles. The molecule has 3 nitrogen and oxygen atoms in total. The van der Waals surface area contributed by atoms with Crippen LogP contribution in [0.5, 0.6) is 0 Å². The molecule has 0 aromatic carbocycles. The van der Waals surface area contributed by atoms with Gasteiger partial charge in [0, 0.05) is 18.6 Å². The van der Waals surface area contributed by atoms with E-state index < -0.39 is 0 Å². The lowest BCUT2D eigenvalue weighted by Gasteiger charge is -2.19. The van der Waals surface area contributed by atoms with Crippen molar-refractivity contribution in [1.29, 1.82) is 0 Å². The molecular formula is C6H13NO2. The highest BCUT2D eigenvalue weighted by Gasteiger charge is 2.14. The number of aliphatic hydroxyl groups is 1. The summed E-state index contributed by atoms with van der Waals surface area (Å²) in [6.07, 6.45) is 0.636. The third-order valence-electron chi connectivity index (χ3n) is 1.09. The maximum atomic E-state index is 9.77. The van der Waals surface area contributed by atoms with E-state index in [1.807, 2.05) is 13.8 Å². The van der Waals surface area contributed by atoms with Crippen LogP contribution in [-0.4, -0.2) is 24.7 Å². The van der Waals surface area contributed by atoms with Crippen LogP contribution >= 0.6 is 0 Å². The second kappa shape index (κ2) is 3.45. The minimum absolute atomic E-state index is 0.0911. The molecule has 0 radical (unpaired) electrons. The second-order valence-electron chi connectivity index (χ2n) is 2.82. The molecule has 0 atom stereocenters. The third kappa shape index (κ3) is 3.97. The van der Waals surface area contributed by atoms with E-state index in [0.717, 1.165) is 0 Å². The van der Waals surface area contributed by atoms with Gasteiger partial charge in [0.05, 0.1) is 0 Å². The van der Waals surface area contributed by atoms with E-state index in [4.69, 9.17) is 5.11 Å². The van der Waals surface area contributed by atoms with Gasteiger partial charge < -0.3 is 10.4 Å². The van der Waals surface area contributed by atoms with Crippen molar-refractivity contribution >= 4 is 6.41 Å². The molecule has 0 aromatic heterocycles. The summed E-state index contributed by atoms with van der Waals surface area (Å²) >= 11 is 0. The Labute approximate surface area is 55.1 Å². The summed E-state index contributed by atoms with van der Waals surface area (Å²) in [5.41, 5.74) is -0.194. The quantitative estimate of drug-likeness (QED) is 0.517. The number of amides is 1. The molecule has 0 aromatic rings. The zero-order valence-corrected chi connectivity index (χ0v) is 5.85. The third-order valence-corrected chi connectivity index (χ3v) is 1.09. The van der Waals surface area contributed by atoms with Gasteiger partial charge in [0.15, 0.2) is 0 Å². The molecule has 3 heteroatoms. The molecule has 9 heavy (non-hydrogen) atoms. The predicted molar refractivity (Wildman–Crippen MR) is 34.9 cm³/mol. The molecule has 1 amide bonds. The van der Waals surface area contributed by atoms with Gasteiger partial charge in [-0.25, -0.2) is 0 Å². The first kappa shape index (κ1) is 8.43. The molecule has 0 aliphatic carbocycles. The molecule has 0 aliphatic heterocycles. The topological polar surface area (TPSA) is 49.3 Å². The zero-order valence-electron chi connectivity index (χ0n) is 5.85. The number of carbonyl (C=O) groups excluding carboxylic acids is 1. The van der Waals surface area contributed by atoms with Gasteiger partial charge >= 0.3 is 0 Å². The van der Waals surface area contributed by atoms with Gasteiger partial charge in [0.2, 0.25) is 6.41 Å². The van der Waals surface area contributed by atoms with Crippen molar-refractivity contribution in [1.82, 2.24) is 5.32 Å². The summed E-state index contributed by atoms with van der Waals surface area (Å²) in [7, 11) is 0. The van der Waals surface area contributed by atoms with E-state index in [2.05, 4.69) is 5.32 Å². The molecule has 0 aliphatic rings. The lowest BCUT2D eigenvalue weighted by molar-refractivity contribution is -0.110. The zero-order chi connectivity index (χ0) is 7.33. The van der Waals surface area contributed by atoms with Gasteiger partial charge in [-0.2, -0.15) is 0 Å². The Morgan fingerprint density at radius 1 is 1.67 bits per heavy atom. The predicted octanol–water partition coefficient (Wildman–Crippen LogP) is -0.249. The molecule has 0 spiro atoms. The molecule has 0 saturated carbocycles. The SMILES string of the molecule is CC(C)(CO)CNC=O. The lowest BCUT2D eigenvalue weighted by Crippen LogP contribution is -2.31. The highest BCUT2D eigenvalue weighted by atomic mass is 16.3. The number of carbonyl (C=O) groups is 1. The lowest BCUT2D eigenvalue weighted by atomic mass is 9.95. The number of rotatable bonds is 4. The van der Waals surface area contributed by atoms with Crippen molar-refractivity contribution in [3.05, 3.63) is 0 Å². The summed E-state index contributed by atoms with van der Waals surface area (Å²) in [4.78, 5) is 9.77. The van der Waals surface area contributed by atoms with Crippen LogP contribution in [0.25, 0.3) is 0 Å². The van der Waals surface area contributed by atoms with Crippen molar-refractivity contribution < 1.29 is 9.90 Å². The minimum Gasteiger partial charge on any atom is -0.396 e. The summed E-state index contributed by atoms with van der Waals surface area (Å²) in [6, 6.07) is 0. The van der Waals surface area contributed by atoms with E-state index in [-0.39, 0.29) is 12.0 Å². The van der Waals surface area contributed by atoms with Crippen molar-refractivity contribution in [3.8, 4) is 0 Å². The average Bonchev–Trinajstić information content (AvgIpc) is 1.84. The van der Waals surface area contributed by atoms with Crippen LogP contribution in [0.1, 0.15) is 13.8 Å². The molecule has 0 rings (SSSR count). The fourth-order valence-corrected chi connectivity index (χ4v) is 0.374. The Morgan fingerprint density at radius 2 is 2.22 bits per heavy atom. The molecule has 54 valence electrons. The first-order chi connectivity index (χ1) is 4.12. The molecule has 0 unspecified atom stereocenters.